The van der Waals surface area contributed by atoms with Gasteiger partial charge in [0.2, 0.25) is 10.0 Å². The molecule has 0 aliphatic rings. The Morgan fingerprint density at radius 3 is 2.57 bits per heavy atom. The molecule has 0 atom stereocenters. The molecule has 0 aliphatic carbocycles. The van der Waals surface area contributed by atoms with Crippen LogP contribution in [0.1, 0.15) is 12.0 Å². The SMILES string of the molecule is O=S(=O)(CCCc1ccccc1)NCCOc1cccc(Cl)c1. The Morgan fingerprint density at radius 1 is 1.04 bits per heavy atom. The molecule has 0 amide bonds. The second-order valence-corrected chi connectivity index (χ2v) is 7.47. The predicted octanol–water partition coefficient (Wildman–Crippen LogP) is 3.27. The quantitative estimate of drug-likeness (QED) is 0.704. The van der Waals surface area contributed by atoms with Crippen molar-refractivity contribution in [1.29, 1.82) is 0 Å². The van der Waals surface area contributed by atoms with Crippen molar-refractivity contribution in [2.24, 2.45) is 0 Å². The molecule has 0 bridgehead atoms. The highest BCUT2D eigenvalue weighted by atomic mass is 35.5. The average Bonchev–Trinajstić information content (AvgIpc) is 2.53. The molecule has 124 valence electrons. The van der Waals surface area contributed by atoms with Gasteiger partial charge in [-0.1, -0.05) is 48.0 Å². The molecule has 6 heteroatoms. The van der Waals surface area contributed by atoms with Gasteiger partial charge in [0.05, 0.1) is 5.75 Å². The average molecular weight is 354 g/mol. The minimum atomic E-state index is -3.27. The van der Waals surface area contributed by atoms with Crippen molar-refractivity contribution in [3.63, 3.8) is 0 Å². The third-order valence-electron chi connectivity index (χ3n) is 3.21. The van der Waals surface area contributed by atoms with E-state index >= 15 is 0 Å². The Labute approximate surface area is 142 Å². The fourth-order valence-corrected chi connectivity index (χ4v) is 3.35. The zero-order chi connectivity index (χ0) is 16.5. The van der Waals surface area contributed by atoms with Crippen LogP contribution < -0.4 is 9.46 Å². The van der Waals surface area contributed by atoms with Gasteiger partial charge in [-0.2, -0.15) is 0 Å². The molecule has 0 fully saturated rings. The van der Waals surface area contributed by atoms with Crippen molar-refractivity contribution in [3.05, 3.63) is 65.2 Å². The van der Waals surface area contributed by atoms with Crippen LogP contribution in [0.2, 0.25) is 5.02 Å². The first-order valence-corrected chi connectivity index (χ1v) is 9.48. The number of halogens is 1. The lowest BCUT2D eigenvalue weighted by Gasteiger charge is -2.09. The third-order valence-corrected chi connectivity index (χ3v) is 4.92. The van der Waals surface area contributed by atoms with Crippen molar-refractivity contribution >= 4 is 21.6 Å². The van der Waals surface area contributed by atoms with Gasteiger partial charge < -0.3 is 4.74 Å². The van der Waals surface area contributed by atoms with E-state index in [1.165, 1.54) is 0 Å². The summed E-state index contributed by atoms with van der Waals surface area (Å²) in [6, 6.07) is 16.9. The van der Waals surface area contributed by atoms with Crippen LogP contribution in [0.25, 0.3) is 0 Å². The first-order chi connectivity index (χ1) is 11.1. The van der Waals surface area contributed by atoms with Crippen molar-refractivity contribution in [2.45, 2.75) is 12.8 Å². The molecule has 0 spiro atoms. The highest BCUT2D eigenvalue weighted by Gasteiger charge is 2.09. The van der Waals surface area contributed by atoms with Crippen molar-refractivity contribution < 1.29 is 13.2 Å². The maximum Gasteiger partial charge on any atom is 0.211 e. The smallest absolute Gasteiger partial charge is 0.211 e. The third kappa shape index (κ3) is 7.03. The maximum atomic E-state index is 11.9. The summed E-state index contributed by atoms with van der Waals surface area (Å²) in [5.41, 5.74) is 1.15. The molecule has 0 radical (unpaired) electrons. The topological polar surface area (TPSA) is 55.4 Å². The largest absolute Gasteiger partial charge is 0.492 e. The number of hydrogen-bond donors (Lipinski definition) is 1. The summed E-state index contributed by atoms with van der Waals surface area (Å²) >= 11 is 5.85. The van der Waals surface area contributed by atoms with Gasteiger partial charge in [0, 0.05) is 11.6 Å². The predicted molar refractivity (Wildman–Crippen MR) is 93.5 cm³/mol. The summed E-state index contributed by atoms with van der Waals surface area (Å²) in [5, 5.41) is 0.587. The number of rotatable bonds is 9. The summed E-state index contributed by atoms with van der Waals surface area (Å²) in [6.07, 6.45) is 1.34. The molecule has 0 aliphatic heterocycles. The number of nitrogens with one attached hydrogen (secondary N) is 1. The van der Waals surface area contributed by atoms with E-state index < -0.39 is 10.0 Å². The summed E-state index contributed by atoms with van der Waals surface area (Å²) in [5.74, 6) is 0.736. The Hall–Kier alpha value is -1.56. The number of hydrogen-bond acceptors (Lipinski definition) is 3. The van der Waals surface area contributed by atoms with E-state index in [4.69, 9.17) is 16.3 Å². The monoisotopic (exact) mass is 353 g/mol. The van der Waals surface area contributed by atoms with Crippen molar-refractivity contribution in [1.82, 2.24) is 4.72 Å². The van der Waals surface area contributed by atoms with Crippen LogP contribution >= 0.6 is 11.6 Å². The van der Waals surface area contributed by atoms with E-state index in [1.807, 2.05) is 30.3 Å². The van der Waals surface area contributed by atoms with Gasteiger partial charge in [-0.3, -0.25) is 0 Å². The number of ether oxygens (including phenoxy) is 1. The Kier molecular flexibility index (Phi) is 6.89. The Morgan fingerprint density at radius 2 is 1.83 bits per heavy atom. The molecule has 2 aromatic carbocycles. The molecule has 1 N–H and O–H groups in total. The Bertz CT molecular complexity index is 705. The molecule has 0 unspecified atom stereocenters. The summed E-state index contributed by atoms with van der Waals surface area (Å²) < 4.78 is 31.8. The fourth-order valence-electron chi connectivity index (χ4n) is 2.11. The molecule has 0 heterocycles. The van der Waals surface area contributed by atoms with Crippen LogP contribution in [0, 0.1) is 0 Å². The molecule has 4 nitrogen and oxygen atoms in total. The second-order valence-electron chi connectivity index (χ2n) is 5.11. The molecule has 2 aromatic rings. The van der Waals surface area contributed by atoms with E-state index in [2.05, 4.69) is 4.72 Å². The van der Waals surface area contributed by atoms with E-state index in [0.29, 0.717) is 17.2 Å². The lowest BCUT2D eigenvalue weighted by molar-refractivity contribution is 0.323. The molecule has 0 saturated carbocycles. The van der Waals surface area contributed by atoms with E-state index in [-0.39, 0.29) is 18.9 Å². The summed E-state index contributed by atoms with van der Waals surface area (Å²) in [6.45, 7) is 0.498. The lowest BCUT2D eigenvalue weighted by atomic mass is 10.1. The van der Waals surface area contributed by atoms with Gasteiger partial charge in [0.1, 0.15) is 12.4 Å². The van der Waals surface area contributed by atoms with E-state index in [1.54, 1.807) is 24.3 Å². The van der Waals surface area contributed by atoms with Crippen LogP contribution in [-0.2, 0) is 16.4 Å². The van der Waals surface area contributed by atoms with E-state index in [9.17, 15) is 8.42 Å². The highest BCUT2D eigenvalue weighted by molar-refractivity contribution is 7.89. The van der Waals surface area contributed by atoms with Crippen molar-refractivity contribution in [2.75, 3.05) is 18.9 Å². The maximum absolute atomic E-state index is 11.9. The van der Waals surface area contributed by atoms with Gasteiger partial charge in [-0.15, -0.1) is 0 Å². The molecule has 0 aromatic heterocycles. The van der Waals surface area contributed by atoms with E-state index in [0.717, 1.165) is 12.0 Å². The van der Waals surface area contributed by atoms with Crippen LogP contribution in [0.15, 0.2) is 54.6 Å². The van der Waals surface area contributed by atoms with Crippen LogP contribution in [0.4, 0.5) is 0 Å². The van der Waals surface area contributed by atoms with Gasteiger partial charge in [0.15, 0.2) is 0 Å². The zero-order valence-electron chi connectivity index (χ0n) is 12.7. The van der Waals surface area contributed by atoms with Crippen molar-refractivity contribution in [3.8, 4) is 5.75 Å². The van der Waals surface area contributed by atoms with Gasteiger partial charge >= 0.3 is 0 Å². The Balaban J connectivity index is 1.65. The first-order valence-electron chi connectivity index (χ1n) is 7.45. The minimum absolute atomic E-state index is 0.110. The normalized spacial score (nSPS) is 11.3. The van der Waals surface area contributed by atoms with Crippen LogP contribution in [0.3, 0.4) is 0 Å². The number of sulfonamides is 1. The van der Waals surface area contributed by atoms with Gasteiger partial charge in [-0.05, 0) is 36.6 Å². The first kappa shape index (κ1) is 17.8. The fraction of sp³-hybridized carbons (Fsp3) is 0.294. The number of benzene rings is 2. The molecular weight excluding hydrogens is 334 g/mol. The minimum Gasteiger partial charge on any atom is -0.492 e. The molecule has 23 heavy (non-hydrogen) atoms. The number of aryl methyl sites for hydroxylation is 1. The van der Waals surface area contributed by atoms with Gasteiger partial charge in [-0.25, -0.2) is 13.1 Å². The van der Waals surface area contributed by atoms with Gasteiger partial charge in [0.25, 0.3) is 0 Å². The molecular formula is C17H20ClNO3S. The molecule has 2 rings (SSSR count). The highest BCUT2D eigenvalue weighted by Crippen LogP contribution is 2.16. The zero-order valence-corrected chi connectivity index (χ0v) is 14.3. The summed E-state index contributed by atoms with van der Waals surface area (Å²) in [4.78, 5) is 0. The lowest BCUT2D eigenvalue weighted by Crippen LogP contribution is -2.30. The molecule has 0 saturated heterocycles. The standard InChI is InChI=1S/C17H20ClNO3S/c18-16-9-4-10-17(14-16)22-12-11-19-23(20,21)13-5-8-15-6-2-1-3-7-15/h1-4,6-7,9-10,14,19H,5,8,11-13H2. The van der Waals surface area contributed by atoms with Crippen LogP contribution in [0.5, 0.6) is 5.75 Å². The summed E-state index contributed by atoms with van der Waals surface area (Å²) in [7, 11) is -3.27. The van der Waals surface area contributed by atoms with Crippen LogP contribution in [-0.4, -0.2) is 27.3 Å². The second kappa shape index (κ2) is 8.91.